The lowest BCUT2D eigenvalue weighted by molar-refractivity contribution is -0.116. The maximum absolute atomic E-state index is 11.7. The monoisotopic (exact) mass is 290 g/mol. The van der Waals surface area contributed by atoms with Gasteiger partial charge in [0.25, 0.3) is 0 Å². The van der Waals surface area contributed by atoms with Crippen molar-refractivity contribution in [2.45, 2.75) is 6.54 Å². The van der Waals surface area contributed by atoms with Crippen LogP contribution in [0.2, 0.25) is 0 Å². The Kier molecular flexibility index (Phi) is 3.93. The van der Waals surface area contributed by atoms with Gasteiger partial charge in [-0.3, -0.25) is 4.79 Å². The Bertz CT molecular complexity index is 663. The van der Waals surface area contributed by atoms with Crippen LogP contribution >= 0.6 is 0 Å². The van der Waals surface area contributed by atoms with Crippen LogP contribution < -0.4 is 5.32 Å². The van der Waals surface area contributed by atoms with Crippen molar-refractivity contribution in [3.05, 3.63) is 42.0 Å². The molecule has 0 saturated carbocycles. The summed E-state index contributed by atoms with van der Waals surface area (Å²) < 4.78 is 1.27. The van der Waals surface area contributed by atoms with Crippen molar-refractivity contribution in [1.82, 2.24) is 14.8 Å². The SMILES string of the molecule is O=C(Cn1cncn1)Nc1cc(C(=O)O)cc(C(=O)O)c1. The molecule has 0 saturated heterocycles. The third-order valence-electron chi connectivity index (χ3n) is 2.48. The van der Waals surface area contributed by atoms with Crippen molar-refractivity contribution >= 4 is 23.5 Å². The van der Waals surface area contributed by atoms with Gasteiger partial charge in [-0.05, 0) is 18.2 Å². The van der Waals surface area contributed by atoms with Gasteiger partial charge in [-0.2, -0.15) is 5.10 Å². The molecule has 3 N–H and O–H groups in total. The number of aromatic carboxylic acids is 2. The first-order valence-corrected chi connectivity index (χ1v) is 5.69. The van der Waals surface area contributed by atoms with E-state index in [-0.39, 0.29) is 23.4 Å². The minimum atomic E-state index is -1.29. The Labute approximate surface area is 117 Å². The van der Waals surface area contributed by atoms with Gasteiger partial charge >= 0.3 is 11.9 Å². The standard InChI is InChI=1S/C12H10N4O5/c17-10(4-16-6-13-5-14-16)15-9-2-7(11(18)19)1-8(3-9)12(20)21/h1-3,5-6H,4H2,(H,15,17)(H,18,19)(H,20,21). The van der Waals surface area contributed by atoms with E-state index < -0.39 is 17.8 Å². The van der Waals surface area contributed by atoms with Gasteiger partial charge in [0.15, 0.2) is 0 Å². The van der Waals surface area contributed by atoms with E-state index in [9.17, 15) is 14.4 Å². The van der Waals surface area contributed by atoms with Crippen LogP contribution in [0.1, 0.15) is 20.7 Å². The van der Waals surface area contributed by atoms with E-state index in [0.717, 1.165) is 6.07 Å². The zero-order valence-corrected chi connectivity index (χ0v) is 10.6. The second-order valence-electron chi connectivity index (χ2n) is 4.05. The number of aromatic nitrogens is 3. The molecule has 2 rings (SSSR count). The highest BCUT2D eigenvalue weighted by Gasteiger charge is 2.13. The highest BCUT2D eigenvalue weighted by atomic mass is 16.4. The predicted octanol–water partition coefficient (Wildman–Crippen LogP) is 0.313. The molecule has 0 bridgehead atoms. The van der Waals surface area contributed by atoms with Crippen LogP contribution in [-0.4, -0.2) is 42.8 Å². The molecule has 0 fully saturated rings. The quantitative estimate of drug-likeness (QED) is 0.721. The molecule has 0 aliphatic heterocycles. The van der Waals surface area contributed by atoms with E-state index in [4.69, 9.17) is 10.2 Å². The van der Waals surface area contributed by atoms with E-state index in [1.807, 2.05) is 0 Å². The molecule has 0 spiro atoms. The molecule has 0 aliphatic carbocycles. The number of nitrogens with one attached hydrogen (secondary N) is 1. The Morgan fingerprint density at radius 3 is 2.19 bits per heavy atom. The van der Waals surface area contributed by atoms with E-state index >= 15 is 0 Å². The van der Waals surface area contributed by atoms with Gasteiger partial charge in [0.1, 0.15) is 19.2 Å². The van der Waals surface area contributed by atoms with Crippen molar-refractivity contribution in [3.8, 4) is 0 Å². The van der Waals surface area contributed by atoms with Crippen molar-refractivity contribution in [2.24, 2.45) is 0 Å². The largest absolute Gasteiger partial charge is 0.478 e. The third-order valence-corrected chi connectivity index (χ3v) is 2.48. The van der Waals surface area contributed by atoms with Gasteiger partial charge in [-0.1, -0.05) is 0 Å². The number of hydrogen-bond donors (Lipinski definition) is 3. The molecule has 2 aromatic rings. The van der Waals surface area contributed by atoms with Crippen LogP contribution in [0.4, 0.5) is 5.69 Å². The molecular formula is C12H10N4O5. The number of rotatable bonds is 5. The lowest BCUT2D eigenvalue weighted by atomic mass is 10.1. The van der Waals surface area contributed by atoms with Crippen LogP contribution in [0.3, 0.4) is 0 Å². The van der Waals surface area contributed by atoms with E-state index in [0.29, 0.717) is 0 Å². The fourth-order valence-corrected chi connectivity index (χ4v) is 1.61. The molecule has 0 aliphatic rings. The molecule has 1 aromatic heterocycles. The van der Waals surface area contributed by atoms with E-state index in [2.05, 4.69) is 15.4 Å². The number of carboxylic acid groups (broad SMARTS) is 2. The highest BCUT2D eigenvalue weighted by molar-refractivity contribution is 5.98. The molecule has 0 radical (unpaired) electrons. The Hall–Kier alpha value is -3.23. The van der Waals surface area contributed by atoms with Crippen LogP contribution in [0.25, 0.3) is 0 Å². The maximum atomic E-state index is 11.7. The Morgan fingerprint density at radius 1 is 1.10 bits per heavy atom. The number of anilines is 1. The normalized spacial score (nSPS) is 10.1. The lowest BCUT2D eigenvalue weighted by Crippen LogP contribution is -2.19. The molecule has 0 atom stereocenters. The third kappa shape index (κ3) is 3.62. The van der Waals surface area contributed by atoms with Crippen molar-refractivity contribution in [1.29, 1.82) is 0 Å². The Morgan fingerprint density at radius 2 is 1.71 bits per heavy atom. The number of benzene rings is 1. The van der Waals surface area contributed by atoms with Crippen molar-refractivity contribution in [3.63, 3.8) is 0 Å². The molecule has 1 aromatic carbocycles. The molecule has 21 heavy (non-hydrogen) atoms. The Balaban J connectivity index is 2.20. The average molecular weight is 290 g/mol. The number of nitrogens with zero attached hydrogens (tertiary/aromatic N) is 3. The smallest absolute Gasteiger partial charge is 0.335 e. The topological polar surface area (TPSA) is 134 Å². The molecular weight excluding hydrogens is 280 g/mol. The summed E-state index contributed by atoms with van der Waals surface area (Å²) >= 11 is 0. The first kappa shape index (κ1) is 14.2. The van der Waals surface area contributed by atoms with Gasteiger partial charge in [0.2, 0.25) is 5.91 Å². The second kappa shape index (κ2) is 5.82. The molecule has 9 nitrogen and oxygen atoms in total. The van der Waals surface area contributed by atoms with Crippen LogP contribution in [-0.2, 0) is 11.3 Å². The molecule has 9 heteroatoms. The fourth-order valence-electron chi connectivity index (χ4n) is 1.61. The van der Waals surface area contributed by atoms with Gasteiger partial charge in [0, 0.05) is 5.69 Å². The van der Waals surface area contributed by atoms with Crippen LogP contribution in [0, 0.1) is 0 Å². The first-order valence-electron chi connectivity index (χ1n) is 5.69. The summed E-state index contributed by atoms with van der Waals surface area (Å²) in [5, 5.41) is 24.0. The molecule has 108 valence electrons. The summed E-state index contributed by atoms with van der Waals surface area (Å²) in [5.41, 5.74) is -0.380. The second-order valence-corrected chi connectivity index (χ2v) is 4.05. The maximum Gasteiger partial charge on any atom is 0.335 e. The van der Waals surface area contributed by atoms with Gasteiger partial charge in [-0.25, -0.2) is 19.3 Å². The van der Waals surface area contributed by atoms with E-state index in [1.54, 1.807) is 0 Å². The minimum Gasteiger partial charge on any atom is -0.478 e. The number of carboxylic acids is 2. The number of carbonyl (C=O) groups excluding carboxylic acids is 1. The zero-order valence-electron chi connectivity index (χ0n) is 10.6. The van der Waals surface area contributed by atoms with Crippen molar-refractivity contribution < 1.29 is 24.6 Å². The van der Waals surface area contributed by atoms with Crippen LogP contribution in [0.5, 0.6) is 0 Å². The summed E-state index contributed by atoms with van der Waals surface area (Å²) in [4.78, 5) is 37.3. The number of amides is 1. The molecule has 1 heterocycles. The molecule has 1 amide bonds. The summed E-state index contributed by atoms with van der Waals surface area (Å²) in [6, 6.07) is 3.36. The van der Waals surface area contributed by atoms with E-state index in [1.165, 1.54) is 29.5 Å². The lowest BCUT2D eigenvalue weighted by Gasteiger charge is -2.07. The minimum absolute atomic E-state index is 0.0809. The zero-order chi connectivity index (χ0) is 15.4. The van der Waals surface area contributed by atoms with Gasteiger partial charge < -0.3 is 15.5 Å². The first-order chi connectivity index (χ1) is 9.95. The van der Waals surface area contributed by atoms with Crippen LogP contribution in [0.15, 0.2) is 30.9 Å². The molecule has 0 unspecified atom stereocenters. The van der Waals surface area contributed by atoms with Crippen molar-refractivity contribution in [2.75, 3.05) is 5.32 Å². The average Bonchev–Trinajstić information content (AvgIpc) is 2.90. The predicted molar refractivity (Wildman–Crippen MR) is 69.0 cm³/mol. The summed E-state index contributed by atoms with van der Waals surface area (Å²) in [7, 11) is 0. The fraction of sp³-hybridized carbons (Fsp3) is 0.0833. The summed E-state index contributed by atoms with van der Waals surface area (Å²) in [6.07, 6.45) is 2.61. The number of carbonyl (C=O) groups is 3. The van der Waals surface area contributed by atoms with Gasteiger partial charge in [-0.15, -0.1) is 0 Å². The summed E-state index contributed by atoms with van der Waals surface area (Å²) in [6.45, 7) is -0.125. The number of hydrogen-bond acceptors (Lipinski definition) is 5. The summed E-state index contributed by atoms with van der Waals surface area (Å²) in [5.74, 6) is -3.06. The van der Waals surface area contributed by atoms with Gasteiger partial charge in [0.05, 0.1) is 11.1 Å². The highest BCUT2D eigenvalue weighted by Crippen LogP contribution is 2.15.